The lowest BCUT2D eigenvalue weighted by atomic mass is 10.0. The van der Waals surface area contributed by atoms with Gasteiger partial charge in [-0.1, -0.05) is 22.9 Å². The molecule has 0 amide bonds. The van der Waals surface area contributed by atoms with Crippen molar-refractivity contribution in [1.29, 1.82) is 0 Å². The summed E-state index contributed by atoms with van der Waals surface area (Å²) in [5, 5.41) is 0. The van der Waals surface area contributed by atoms with E-state index in [0.717, 1.165) is 34.4 Å². The molecule has 0 spiro atoms. The molecular formula is C13H15BrN2O. The molecule has 0 radical (unpaired) electrons. The summed E-state index contributed by atoms with van der Waals surface area (Å²) < 4.78 is 6.83. The van der Waals surface area contributed by atoms with Gasteiger partial charge in [0.15, 0.2) is 0 Å². The van der Waals surface area contributed by atoms with E-state index in [4.69, 9.17) is 4.74 Å². The highest BCUT2D eigenvalue weighted by atomic mass is 79.9. The normalized spacial score (nSPS) is 24.6. The molecule has 2 aromatic rings. The Morgan fingerprint density at radius 3 is 3.00 bits per heavy atom. The molecule has 17 heavy (non-hydrogen) atoms. The molecule has 1 N–H and O–H groups in total. The molecule has 1 aliphatic rings. The molecular weight excluding hydrogens is 280 g/mol. The van der Waals surface area contributed by atoms with E-state index in [9.17, 15) is 0 Å². The van der Waals surface area contributed by atoms with Gasteiger partial charge in [-0.25, -0.2) is 4.98 Å². The van der Waals surface area contributed by atoms with Crippen molar-refractivity contribution >= 4 is 27.0 Å². The van der Waals surface area contributed by atoms with E-state index in [0.29, 0.717) is 5.92 Å². The molecule has 1 aliphatic heterocycles. The largest absolute Gasteiger partial charge is 0.370 e. The van der Waals surface area contributed by atoms with Crippen molar-refractivity contribution in [2.24, 2.45) is 5.92 Å². The summed E-state index contributed by atoms with van der Waals surface area (Å²) in [5.74, 6) is 1.51. The third kappa shape index (κ3) is 1.89. The molecule has 0 bridgehead atoms. The molecule has 90 valence electrons. The van der Waals surface area contributed by atoms with Gasteiger partial charge in [0.2, 0.25) is 0 Å². The van der Waals surface area contributed by atoms with Crippen molar-refractivity contribution in [2.45, 2.75) is 26.4 Å². The van der Waals surface area contributed by atoms with E-state index >= 15 is 0 Å². The molecule has 2 unspecified atom stereocenters. The average molecular weight is 295 g/mol. The highest BCUT2D eigenvalue weighted by Crippen LogP contribution is 2.34. The summed E-state index contributed by atoms with van der Waals surface area (Å²) in [6.45, 7) is 5.13. The second-order valence-corrected chi connectivity index (χ2v) is 5.71. The number of hydrogen-bond acceptors (Lipinski definition) is 2. The molecule has 3 nitrogen and oxygen atoms in total. The van der Waals surface area contributed by atoms with Crippen molar-refractivity contribution in [3.63, 3.8) is 0 Å². The van der Waals surface area contributed by atoms with Crippen LogP contribution < -0.4 is 0 Å². The van der Waals surface area contributed by atoms with E-state index in [-0.39, 0.29) is 6.10 Å². The van der Waals surface area contributed by atoms with Crippen molar-refractivity contribution in [3.05, 3.63) is 28.0 Å². The van der Waals surface area contributed by atoms with Crippen LogP contribution in [0, 0.1) is 12.8 Å². The smallest absolute Gasteiger partial charge is 0.136 e. The Balaban J connectivity index is 2.10. The average Bonchev–Trinajstić information content (AvgIpc) is 2.83. The lowest BCUT2D eigenvalue weighted by Gasteiger charge is -2.10. The number of aromatic amines is 1. The summed E-state index contributed by atoms with van der Waals surface area (Å²) >= 11 is 3.51. The fourth-order valence-electron chi connectivity index (χ4n) is 2.45. The molecule has 1 aromatic heterocycles. The van der Waals surface area contributed by atoms with Crippen molar-refractivity contribution < 1.29 is 4.74 Å². The highest BCUT2D eigenvalue weighted by molar-refractivity contribution is 9.10. The zero-order chi connectivity index (χ0) is 12.0. The Hall–Kier alpha value is -0.870. The lowest BCUT2D eigenvalue weighted by Crippen LogP contribution is -2.05. The maximum Gasteiger partial charge on any atom is 0.136 e. The van der Waals surface area contributed by atoms with E-state index in [1.54, 1.807) is 0 Å². The fraction of sp³-hybridized carbons (Fsp3) is 0.462. The van der Waals surface area contributed by atoms with Gasteiger partial charge in [0.05, 0.1) is 11.0 Å². The van der Waals surface area contributed by atoms with E-state index < -0.39 is 0 Å². The van der Waals surface area contributed by atoms with Gasteiger partial charge in [-0.15, -0.1) is 0 Å². The van der Waals surface area contributed by atoms with Gasteiger partial charge < -0.3 is 9.72 Å². The van der Waals surface area contributed by atoms with Crippen LogP contribution in [0.3, 0.4) is 0 Å². The van der Waals surface area contributed by atoms with Gasteiger partial charge in [-0.3, -0.25) is 0 Å². The van der Waals surface area contributed by atoms with E-state index in [1.165, 1.54) is 5.56 Å². The van der Waals surface area contributed by atoms with E-state index in [2.05, 4.69) is 51.9 Å². The summed E-state index contributed by atoms with van der Waals surface area (Å²) in [4.78, 5) is 8.07. The molecule has 1 saturated heterocycles. The number of H-pyrrole nitrogens is 1. The van der Waals surface area contributed by atoms with Crippen LogP contribution in [0.1, 0.15) is 30.8 Å². The third-order valence-electron chi connectivity index (χ3n) is 3.42. The minimum atomic E-state index is 0.126. The first-order chi connectivity index (χ1) is 8.15. The van der Waals surface area contributed by atoms with Gasteiger partial charge in [0.1, 0.15) is 11.9 Å². The fourth-order valence-corrected chi connectivity index (χ4v) is 3.02. The van der Waals surface area contributed by atoms with Crippen LogP contribution in [0.25, 0.3) is 11.0 Å². The molecule has 0 aliphatic carbocycles. The standard InChI is InChI=1S/C13H15BrN2O/c1-7-3-4-17-12(7)13-15-10-6-9(14)5-8(2)11(10)16-13/h5-7,12H,3-4H2,1-2H3,(H,15,16). The number of ether oxygens (including phenoxy) is 1. The quantitative estimate of drug-likeness (QED) is 0.870. The van der Waals surface area contributed by atoms with Gasteiger partial charge in [0.25, 0.3) is 0 Å². The number of fused-ring (bicyclic) bond motifs is 1. The second-order valence-electron chi connectivity index (χ2n) is 4.80. The Labute approximate surface area is 109 Å². The maximum atomic E-state index is 5.75. The minimum Gasteiger partial charge on any atom is -0.370 e. The Kier molecular flexibility index (Phi) is 2.71. The van der Waals surface area contributed by atoms with Crippen LogP contribution in [0.5, 0.6) is 0 Å². The van der Waals surface area contributed by atoms with Crippen LogP contribution in [0.15, 0.2) is 16.6 Å². The first-order valence-corrected chi connectivity index (χ1v) is 6.72. The minimum absolute atomic E-state index is 0.126. The van der Waals surface area contributed by atoms with Gasteiger partial charge in [-0.05, 0) is 37.0 Å². The third-order valence-corrected chi connectivity index (χ3v) is 3.88. The predicted molar refractivity (Wildman–Crippen MR) is 71.0 cm³/mol. The molecule has 2 heterocycles. The highest BCUT2D eigenvalue weighted by Gasteiger charge is 2.28. The van der Waals surface area contributed by atoms with E-state index in [1.807, 2.05) is 0 Å². The summed E-state index contributed by atoms with van der Waals surface area (Å²) in [5.41, 5.74) is 3.31. The molecule has 2 atom stereocenters. The number of hydrogen-bond donors (Lipinski definition) is 1. The summed E-state index contributed by atoms with van der Waals surface area (Å²) in [7, 11) is 0. The molecule has 1 fully saturated rings. The Morgan fingerprint density at radius 2 is 2.29 bits per heavy atom. The topological polar surface area (TPSA) is 37.9 Å². The molecule has 1 aromatic carbocycles. The van der Waals surface area contributed by atoms with Crippen molar-refractivity contribution in [1.82, 2.24) is 9.97 Å². The Morgan fingerprint density at radius 1 is 1.47 bits per heavy atom. The zero-order valence-electron chi connectivity index (χ0n) is 9.96. The molecule has 3 rings (SSSR count). The predicted octanol–water partition coefficient (Wildman–Crippen LogP) is 3.73. The number of imidazole rings is 1. The molecule has 4 heteroatoms. The van der Waals surface area contributed by atoms with Crippen LogP contribution in [-0.4, -0.2) is 16.6 Å². The van der Waals surface area contributed by atoms with Gasteiger partial charge >= 0.3 is 0 Å². The van der Waals surface area contributed by atoms with Gasteiger partial charge in [0, 0.05) is 11.1 Å². The molecule has 0 saturated carbocycles. The summed E-state index contributed by atoms with van der Waals surface area (Å²) in [6, 6.07) is 4.16. The second kappa shape index (κ2) is 4.10. The van der Waals surface area contributed by atoms with Gasteiger partial charge in [-0.2, -0.15) is 0 Å². The number of nitrogens with one attached hydrogen (secondary N) is 1. The first-order valence-electron chi connectivity index (χ1n) is 5.92. The van der Waals surface area contributed by atoms with Crippen molar-refractivity contribution in [2.75, 3.05) is 6.61 Å². The zero-order valence-corrected chi connectivity index (χ0v) is 11.5. The number of benzene rings is 1. The first kappa shape index (κ1) is 11.2. The monoisotopic (exact) mass is 294 g/mol. The maximum absolute atomic E-state index is 5.75. The number of aromatic nitrogens is 2. The van der Waals surface area contributed by atoms with Crippen LogP contribution in [-0.2, 0) is 4.74 Å². The van der Waals surface area contributed by atoms with Crippen molar-refractivity contribution in [3.8, 4) is 0 Å². The van der Waals surface area contributed by atoms with Crippen LogP contribution >= 0.6 is 15.9 Å². The number of rotatable bonds is 1. The number of halogens is 1. The number of aryl methyl sites for hydroxylation is 1. The van der Waals surface area contributed by atoms with Crippen LogP contribution in [0.4, 0.5) is 0 Å². The SMILES string of the molecule is Cc1cc(Br)cc2[nH]c(C3OCCC3C)nc12. The Bertz CT molecular complexity index is 564. The summed E-state index contributed by atoms with van der Waals surface area (Å²) in [6.07, 6.45) is 1.24. The lowest BCUT2D eigenvalue weighted by molar-refractivity contribution is 0.0883. The number of nitrogens with zero attached hydrogens (tertiary/aromatic N) is 1. The van der Waals surface area contributed by atoms with Crippen LogP contribution in [0.2, 0.25) is 0 Å².